The van der Waals surface area contributed by atoms with E-state index < -0.39 is 0 Å². The lowest BCUT2D eigenvalue weighted by atomic mass is 9.96. The van der Waals surface area contributed by atoms with Crippen molar-refractivity contribution in [3.63, 3.8) is 0 Å². The van der Waals surface area contributed by atoms with Crippen LogP contribution in [-0.2, 0) is 0 Å². The summed E-state index contributed by atoms with van der Waals surface area (Å²) in [7, 11) is 3.99. The maximum Gasteiger partial charge on any atom is 0.146 e. The quantitative estimate of drug-likeness (QED) is 0.784. The van der Waals surface area contributed by atoms with Crippen LogP contribution in [0.25, 0.3) is 0 Å². The van der Waals surface area contributed by atoms with Gasteiger partial charge < -0.3 is 10.2 Å². The van der Waals surface area contributed by atoms with E-state index in [2.05, 4.69) is 15.3 Å². The molecule has 2 heterocycles. The number of nitrogens with zero attached hydrogens (tertiary/aromatic N) is 3. The number of aromatic nitrogens is 2. The Kier molecular flexibility index (Phi) is 3.16. The van der Waals surface area contributed by atoms with Gasteiger partial charge in [-0.05, 0) is 19.4 Å². The minimum atomic E-state index is 0.533. The smallest absolute Gasteiger partial charge is 0.146 e. The minimum Gasteiger partial charge on any atom is -0.361 e. The van der Waals surface area contributed by atoms with E-state index in [9.17, 15) is 0 Å². The SMILES string of the molecule is CN(C)c1cncc([C@H]2CCCNC2)n1. The van der Waals surface area contributed by atoms with Crippen molar-refractivity contribution >= 4 is 5.82 Å². The summed E-state index contributed by atoms with van der Waals surface area (Å²) in [6.45, 7) is 2.17. The van der Waals surface area contributed by atoms with Crippen LogP contribution in [0.2, 0.25) is 0 Å². The lowest BCUT2D eigenvalue weighted by Gasteiger charge is -2.22. The summed E-state index contributed by atoms with van der Waals surface area (Å²) in [6, 6.07) is 0. The molecule has 0 amide bonds. The highest BCUT2D eigenvalue weighted by molar-refractivity contribution is 5.34. The standard InChI is InChI=1S/C11H18N4/c1-15(2)11-8-13-7-10(14-11)9-4-3-5-12-6-9/h7-9,12H,3-6H2,1-2H3/t9-/m0/s1. The van der Waals surface area contributed by atoms with Gasteiger partial charge in [0.1, 0.15) is 5.82 Å². The molecule has 1 aliphatic rings. The Morgan fingerprint density at radius 1 is 1.40 bits per heavy atom. The molecule has 1 N–H and O–H groups in total. The van der Waals surface area contributed by atoms with Crippen LogP contribution in [0.3, 0.4) is 0 Å². The first-order valence-corrected chi connectivity index (χ1v) is 5.47. The molecule has 1 atom stereocenters. The van der Waals surface area contributed by atoms with E-state index in [1.807, 2.05) is 25.2 Å². The Bertz CT molecular complexity index is 318. The number of rotatable bonds is 2. The number of nitrogens with one attached hydrogen (secondary N) is 1. The molecule has 4 nitrogen and oxygen atoms in total. The van der Waals surface area contributed by atoms with Gasteiger partial charge in [0, 0.05) is 32.8 Å². The van der Waals surface area contributed by atoms with Gasteiger partial charge in [-0.15, -0.1) is 0 Å². The van der Waals surface area contributed by atoms with Crippen molar-refractivity contribution in [3.05, 3.63) is 18.1 Å². The topological polar surface area (TPSA) is 41.1 Å². The van der Waals surface area contributed by atoms with Gasteiger partial charge in [-0.1, -0.05) is 0 Å². The molecule has 2 rings (SSSR count). The zero-order valence-electron chi connectivity index (χ0n) is 9.40. The predicted molar refractivity (Wildman–Crippen MR) is 61.2 cm³/mol. The van der Waals surface area contributed by atoms with Crippen LogP contribution in [-0.4, -0.2) is 37.2 Å². The van der Waals surface area contributed by atoms with Crippen LogP contribution in [0.5, 0.6) is 0 Å². The molecule has 0 aromatic carbocycles. The number of hydrogen-bond donors (Lipinski definition) is 1. The lowest BCUT2D eigenvalue weighted by Crippen LogP contribution is -2.29. The summed E-state index contributed by atoms with van der Waals surface area (Å²) in [4.78, 5) is 10.9. The van der Waals surface area contributed by atoms with Gasteiger partial charge in [0.25, 0.3) is 0 Å². The fourth-order valence-corrected chi connectivity index (χ4v) is 1.89. The maximum atomic E-state index is 4.62. The Balaban J connectivity index is 2.16. The molecule has 1 aliphatic heterocycles. The van der Waals surface area contributed by atoms with E-state index in [1.54, 1.807) is 6.20 Å². The molecule has 1 saturated heterocycles. The highest BCUT2D eigenvalue weighted by Gasteiger charge is 2.17. The van der Waals surface area contributed by atoms with Gasteiger partial charge in [0.05, 0.1) is 11.9 Å². The van der Waals surface area contributed by atoms with E-state index in [1.165, 1.54) is 12.8 Å². The second-order valence-corrected chi connectivity index (χ2v) is 4.24. The third-order valence-corrected chi connectivity index (χ3v) is 2.81. The van der Waals surface area contributed by atoms with Gasteiger partial charge in [0.15, 0.2) is 0 Å². The van der Waals surface area contributed by atoms with Gasteiger partial charge in [0.2, 0.25) is 0 Å². The average Bonchev–Trinajstić information content (AvgIpc) is 2.30. The van der Waals surface area contributed by atoms with Crippen molar-refractivity contribution in [1.29, 1.82) is 0 Å². The van der Waals surface area contributed by atoms with Gasteiger partial charge >= 0.3 is 0 Å². The zero-order chi connectivity index (χ0) is 10.7. The van der Waals surface area contributed by atoms with E-state index in [4.69, 9.17) is 0 Å². The second-order valence-electron chi connectivity index (χ2n) is 4.24. The lowest BCUT2D eigenvalue weighted by molar-refractivity contribution is 0.454. The van der Waals surface area contributed by atoms with Gasteiger partial charge in [-0.3, -0.25) is 4.98 Å². The summed E-state index contributed by atoms with van der Waals surface area (Å²) >= 11 is 0. The number of piperidine rings is 1. The Labute approximate surface area is 90.7 Å². The molecule has 0 radical (unpaired) electrons. The molecular weight excluding hydrogens is 188 g/mol. The summed E-state index contributed by atoms with van der Waals surface area (Å²) in [5.41, 5.74) is 1.12. The van der Waals surface area contributed by atoms with E-state index in [-0.39, 0.29) is 0 Å². The molecule has 0 aliphatic carbocycles. The van der Waals surface area contributed by atoms with Crippen LogP contribution < -0.4 is 10.2 Å². The fourth-order valence-electron chi connectivity index (χ4n) is 1.89. The number of hydrogen-bond acceptors (Lipinski definition) is 4. The molecule has 4 heteroatoms. The first kappa shape index (κ1) is 10.4. The highest BCUT2D eigenvalue weighted by atomic mass is 15.1. The normalized spacial score (nSPS) is 21.3. The van der Waals surface area contributed by atoms with Gasteiger partial charge in [-0.2, -0.15) is 0 Å². The monoisotopic (exact) mass is 206 g/mol. The minimum absolute atomic E-state index is 0.533. The third-order valence-electron chi connectivity index (χ3n) is 2.81. The van der Waals surface area contributed by atoms with Crippen molar-refractivity contribution in [2.75, 3.05) is 32.1 Å². The maximum absolute atomic E-state index is 4.62. The van der Waals surface area contributed by atoms with Crippen molar-refractivity contribution in [1.82, 2.24) is 15.3 Å². The summed E-state index contributed by atoms with van der Waals surface area (Å²) in [6.07, 6.45) is 6.15. The molecule has 15 heavy (non-hydrogen) atoms. The first-order valence-electron chi connectivity index (χ1n) is 5.47. The Morgan fingerprint density at radius 3 is 2.93 bits per heavy atom. The molecule has 82 valence electrons. The van der Waals surface area contributed by atoms with Crippen LogP contribution in [0.15, 0.2) is 12.4 Å². The Hall–Kier alpha value is -1.16. The molecular formula is C11H18N4. The largest absolute Gasteiger partial charge is 0.361 e. The number of anilines is 1. The molecule has 1 fully saturated rings. The van der Waals surface area contributed by atoms with E-state index >= 15 is 0 Å². The van der Waals surface area contributed by atoms with E-state index in [0.717, 1.165) is 24.6 Å². The van der Waals surface area contributed by atoms with Crippen LogP contribution >= 0.6 is 0 Å². The first-order chi connectivity index (χ1) is 7.27. The van der Waals surface area contributed by atoms with Crippen molar-refractivity contribution < 1.29 is 0 Å². The molecule has 0 spiro atoms. The van der Waals surface area contributed by atoms with Crippen LogP contribution in [0, 0.1) is 0 Å². The zero-order valence-corrected chi connectivity index (χ0v) is 9.40. The van der Waals surface area contributed by atoms with Crippen molar-refractivity contribution in [2.45, 2.75) is 18.8 Å². The summed E-state index contributed by atoms with van der Waals surface area (Å²) in [5.74, 6) is 1.48. The molecule has 0 unspecified atom stereocenters. The third kappa shape index (κ3) is 2.45. The molecule has 1 aromatic heterocycles. The highest BCUT2D eigenvalue weighted by Crippen LogP contribution is 2.21. The average molecular weight is 206 g/mol. The van der Waals surface area contributed by atoms with Crippen LogP contribution in [0.4, 0.5) is 5.82 Å². The van der Waals surface area contributed by atoms with Gasteiger partial charge in [-0.25, -0.2) is 4.98 Å². The predicted octanol–water partition coefficient (Wildman–Crippen LogP) is 1.01. The molecule has 0 saturated carbocycles. The second kappa shape index (κ2) is 4.57. The molecule has 0 bridgehead atoms. The van der Waals surface area contributed by atoms with Crippen molar-refractivity contribution in [3.8, 4) is 0 Å². The van der Waals surface area contributed by atoms with Crippen LogP contribution in [0.1, 0.15) is 24.5 Å². The van der Waals surface area contributed by atoms with Crippen molar-refractivity contribution in [2.24, 2.45) is 0 Å². The summed E-state index contributed by atoms with van der Waals surface area (Å²) in [5, 5.41) is 3.40. The molecule has 1 aromatic rings. The van der Waals surface area contributed by atoms with E-state index in [0.29, 0.717) is 5.92 Å². The summed E-state index contributed by atoms with van der Waals surface area (Å²) < 4.78 is 0. The fraction of sp³-hybridized carbons (Fsp3) is 0.636. The Morgan fingerprint density at radius 2 is 2.27 bits per heavy atom.